The van der Waals surface area contributed by atoms with Gasteiger partial charge in [0, 0.05) is 32.9 Å². The summed E-state index contributed by atoms with van der Waals surface area (Å²) in [6.45, 7) is 0.787. The number of likely N-dealkylation sites (tertiary alicyclic amines) is 1. The molecule has 0 aromatic carbocycles. The number of imide groups is 1. The van der Waals surface area contributed by atoms with Gasteiger partial charge in [-0.2, -0.15) is 0 Å². The number of pyridine rings is 1. The zero-order chi connectivity index (χ0) is 16.1. The number of carboxylic acids is 1. The van der Waals surface area contributed by atoms with Crippen LogP contribution in [0.3, 0.4) is 0 Å². The van der Waals surface area contributed by atoms with Gasteiger partial charge in [-0.05, 0) is 18.6 Å². The van der Waals surface area contributed by atoms with Crippen LogP contribution in [0.25, 0.3) is 0 Å². The highest BCUT2D eigenvalue weighted by Gasteiger charge is 2.39. The first kappa shape index (κ1) is 16.4. The predicted molar refractivity (Wildman–Crippen MR) is 78.7 cm³/mol. The Labute approximate surface area is 131 Å². The lowest BCUT2D eigenvalue weighted by Gasteiger charge is -2.14. The molecule has 2 heterocycles. The van der Waals surface area contributed by atoms with Gasteiger partial charge < -0.3 is 9.84 Å². The first-order chi connectivity index (χ1) is 10.5. The highest BCUT2D eigenvalue weighted by molar-refractivity contribution is 8.00. The number of nitrogens with zero attached hydrogens (tertiary/aromatic N) is 2. The average Bonchev–Trinajstić information content (AvgIpc) is 2.75. The minimum absolute atomic E-state index is 0.0329. The normalized spacial score (nSPS) is 18.0. The lowest BCUT2D eigenvalue weighted by atomic mass is 10.3. The standard InChI is InChI=1S/C14H16N2O5S/c1-21-7-3-6-16-11(17)8-10(13(16)18)22-12-9(14(19)20)4-2-5-15-12/h2,4-5,10H,3,6-8H2,1H3,(H,19,20). The Balaban J connectivity index is 2.07. The van der Waals surface area contributed by atoms with Gasteiger partial charge in [-0.15, -0.1) is 0 Å². The summed E-state index contributed by atoms with van der Waals surface area (Å²) < 4.78 is 4.91. The largest absolute Gasteiger partial charge is 0.478 e. The summed E-state index contributed by atoms with van der Waals surface area (Å²) in [5.41, 5.74) is 0.0329. The number of hydrogen-bond donors (Lipinski definition) is 1. The molecule has 1 aliphatic heterocycles. The van der Waals surface area contributed by atoms with Gasteiger partial charge in [0.2, 0.25) is 11.8 Å². The molecular weight excluding hydrogens is 308 g/mol. The van der Waals surface area contributed by atoms with Gasteiger partial charge in [-0.1, -0.05) is 11.8 Å². The van der Waals surface area contributed by atoms with E-state index in [1.165, 1.54) is 23.2 Å². The molecule has 1 atom stereocenters. The fourth-order valence-electron chi connectivity index (χ4n) is 2.13. The van der Waals surface area contributed by atoms with Crippen LogP contribution in [-0.4, -0.2) is 58.3 Å². The number of carbonyl (C=O) groups excluding carboxylic acids is 2. The third-order valence-corrected chi connectivity index (χ3v) is 4.39. The van der Waals surface area contributed by atoms with Gasteiger partial charge in [0.05, 0.1) is 10.8 Å². The summed E-state index contributed by atoms with van der Waals surface area (Å²) in [6, 6.07) is 2.95. The lowest BCUT2D eigenvalue weighted by molar-refractivity contribution is -0.138. The van der Waals surface area contributed by atoms with Crippen molar-refractivity contribution in [1.29, 1.82) is 0 Å². The number of thioether (sulfide) groups is 1. The van der Waals surface area contributed by atoms with Crippen LogP contribution in [0, 0.1) is 0 Å². The number of rotatable bonds is 7. The quantitative estimate of drug-likeness (QED) is 0.591. The van der Waals surface area contributed by atoms with Crippen molar-refractivity contribution in [3.8, 4) is 0 Å². The Morgan fingerprint density at radius 1 is 1.55 bits per heavy atom. The van der Waals surface area contributed by atoms with Gasteiger partial charge >= 0.3 is 5.97 Å². The summed E-state index contributed by atoms with van der Waals surface area (Å²) in [7, 11) is 1.56. The third-order valence-electron chi connectivity index (χ3n) is 3.19. The van der Waals surface area contributed by atoms with Crippen LogP contribution >= 0.6 is 11.8 Å². The van der Waals surface area contributed by atoms with Crippen molar-refractivity contribution >= 4 is 29.5 Å². The average molecular weight is 324 g/mol. The van der Waals surface area contributed by atoms with Crippen LogP contribution < -0.4 is 0 Å². The van der Waals surface area contributed by atoms with Gasteiger partial charge in [0.15, 0.2) is 0 Å². The molecule has 0 bridgehead atoms. The molecule has 0 saturated carbocycles. The number of aromatic carboxylic acids is 1. The molecule has 1 fully saturated rings. The molecule has 0 radical (unpaired) electrons. The maximum Gasteiger partial charge on any atom is 0.338 e. The van der Waals surface area contributed by atoms with Crippen molar-refractivity contribution < 1.29 is 24.2 Å². The summed E-state index contributed by atoms with van der Waals surface area (Å²) in [6.07, 6.45) is 2.10. The zero-order valence-corrected chi connectivity index (χ0v) is 12.8. The fraction of sp³-hybridized carbons (Fsp3) is 0.429. The van der Waals surface area contributed by atoms with E-state index in [1.54, 1.807) is 7.11 Å². The number of methoxy groups -OCH3 is 1. The molecule has 1 aliphatic rings. The molecule has 1 saturated heterocycles. The zero-order valence-electron chi connectivity index (χ0n) is 12.0. The molecule has 8 heteroatoms. The second-order valence-electron chi connectivity index (χ2n) is 4.70. The molecule has 1 aromatic heterocycles. The Kier molecular flexibility index (Phi) is 5.51. The molecule has 1 unspecified atom stereocenters. The highest BCUT2D eigenvalue weighted by atomic mass is 32.2. The number of carbonyl (C=O) groups is 3. The number of aromatic nitrogens is 1. The first-order valence-corrected chi connectivity index (χ1v) is 7.60. The van der Waals surface area contributed by atoms with E-state index in [2.05, 4.69) is 4.98 Å². The number of ether oxygens (including phenoxy) is 1. The van der Waals surface area contributed by atoms with E-state index in [0.717, 1.165) is 11.8 Å². The molecular formula is C14H16N2O5S. The van der Waals surface area contributed by atoms with Crippen LogP contribution in [0.15, 0.2) is 23.4 Å². The smallest absolute Gasteiger partial charge is 0.338 e. The van der Waals surface area contributed by atoms with Gasteiger partial charge in [0.1, 0.15) is 5.03 Å². The third kappa shape index (κ3) is 3.63. The number of hydrogen-bond acceptors (Lipinski definition) is 6. The fourth-order valence-corrected chi connectivity index (χ4v) is 3.26. The Morgan fingerprint density at radius 2 is 2.32 bits per heavy atom. The Bertz CT molecular complexity index is 592. The van der Waals surface area contributed by atoms with Crippen LogP contribution in [-0.2, 0) is 14.3 Å². The van der Waals surface area contributed by atoms with Gasteiger partial charge in [-0.25, -0.2) is 9.78 Å². The molecule has 0 spiro atoms. The van der Waals surface area contributed by atoms with Crippen molar-refractivity contribution in [2.75, 3.05) is 20.3 Å². The van der Waals surface area contributed by atoms with E-state index >= 15 is 0 Å². The predicted octanol–water partition coefficient (Wildman–Crippen LogP) is 1.04. The van der Waals surface area contributed by atoms with E-state index in [9.17, 15) is 14.4 Å². The maximum atomic E-state index is 12.3. The summed E-state index contributed by atoms with van der Waals surface area (Å²) >= 11 is 1.03. The molecule has 1 aromatic rings. The minimum Gasteiger partial charge on any atom is -0.478 e. The Morgan fingerprint density at radius 3 is 3.00 bits per heavy atom. The topological polar surface area (TPSA) is 96.8 Å². The molecule has 0 aliphatic carbocycles. The van der Waals surface area contributed by atoms with E-state index in [1.807, 2.05) is 0 Å². The van der Waals surface area contributed by atoms with Crippen LogP contribution in [0.1, 0.15) is 23.2 Å². The van der Waals surface area contributed by atoms with E-state index in [-0.39, 0.29) is 28.8 Å². The molecule has 118 valence electrons. The van der Waals surface area contributed by atoms with Crippen LogP contribution in [0.2, 0.25) is 0 Å². The highest BCUT2D eigenvalue weighted by Crippen LogP contribution is 2.32. The van der Waals surface area contributed by atoms with Gasteiger partial charge in [-0.3, -0.25) is 14.5 Å². The maximum absolute atomic E-state index is 12.3. The first-order valence-electron chi connectivity index (χ1n) is 6.72. The second-order valence-corrected chi connectivity index (χ2v) is 5.89. The van der Waals surface area contributed by atoms with E-state index in [4.69, 9.17) is 9.84 Å². The minimum atomic E-state index is -1.11. The lowest BCUT2D eigenvalue weighted by Crippen LogP contribution is -2.32. The van der Waals surface area contributed by atoms with E-state index < -0.39 is 11.2 Å². The monoisotopic (exact) mass is 324 g/mol. The number of carboxylic acid groups (broad SMARTS) is 1. The van der Waals surface area contributed by atoms with Crippen molar-refractivity contribution in [3.63, 3.8) is 0 Å². The number of amides is 2. The summed E-state index contributed by atoms with van der Waals surface area (Å²) in [5, 5.41) is 8.75. The van der Waals surface area contributed by atoms with Crippen LogP contribution in [0.4, 0.5) is 0 Å². The second kappa shape index (κ2) is 7.37. The van der Waals surface area contributed by atoms with Crippen molar-refractivity contribution in [2.24, 2.45) is 0 Å². The Hall–Kier alpha value is -1.93. The molecule has 2 amide bonds. The van der Waals surface area contributed by atoms with E-state index in [0.29, 0.717) is 19.6 Å². The van der Waals surface area contributed by atoms with Crippen molar-refractivity contribution in [1.82, 2.24) is 9.88 Å². The van der Waals surface area contributed by atoms with Crippen molar-refractivity contribution in [3.05, 3.63) is 23.9 Å². The summed E-state index contributed by atoms with van der Waals surface area (Å²) in [5.74, 6) is -1.65. The van der Waals surface area contributed by atoms with Gasteiger partial charge in [0.25, 0.3) is 0 Å². The molecule has 1 N–H and O–H groups in total. The summed E-state index contributed by atoms with van der Waals surface area (Å²) in [4.78, 5) is 40.5. The van der Waals surface area contributed by atoms with Crippen LogP contribution in [0.5, 0.6) is 0 Å². The van der Waals surface area contributed by atoms with Crippen molar-refractivity contribution in [2.45, 2.75) is 23.1 Å². The molecule has 7 nitrogen and oxygen atoms in total. The molecule has 22 heavy (non-hydrogen) atoms. The SMILES string of the molecule is COCCCN1C(=O)CC(Sc2ncccc2C(=O)O)C1=O. The molecule has 2 rings (SSSR count).